The molecule has 3 aromatic rings. The largest absolute Gasteiger partial charge is 0.453 e. The number of hydrogen-bond donors (Lipinski definition) is 4. The van der Waals surface area contributed by atoms with Gasteiger partial charge < -0.3 is 15.4 Å². The van der Waals surface area contributed by atoms with Gasteiger partial charge in [-0.3, -0.25) is 9.35 Å². The van der Waals surface area contributed by atoms with E-state index in [1.165, 1.54) is 18.4 Å². The average molecular weight is 581 g/mol. The molecule has 10 nitrogen and oxygen atoms in total. The third-order valence-electron chi connectivity index (χ3n) is 6.04. The number of methoxy groups -OCH3 is 1. The van der Waals surface area contributed by atoms with Crippen LogP contribution in [0.25, 0.3) is 0 Å². The highest BCUT2D eigenvalue weighted by molar-refractivity contribution is 7.74. The number of ether oxygens (including phenoxy) is 1. The van der Waals surface area contributed by atoms with Crippen LogP contribution in [0.15, 0.2) is 60.0 Å². The standard InChI is InChI=1S/C25H26F2N4O6S2/c1-36-24(33)30-19(11-15-5-3-2-4-6-15)22(32)28-20(23-29-21(14-38-23)18-13-25(18,26)27)12-16-7-9-17(10-8-16)31-37-39(34)35/h2-10,14,18-20,31H,11-13H2,1H3,(H,28,32)(H,30,33)(H,34,35)/t18?,19-,20-/m0/s1. The summed E-state index contributed by atoms with van der Waals surface area (Å²) >= 11 is -1.33. The van der Waals surface area contributed by atoms with Crippen LogP contribution in [0.1, 0.15) is 40.2 Å². The highest BCUT2D eigenvalue weighted by Crippen LogP contribution is 2.55. The maximum Gasteiger partial charge on any atom is 0.407 e. The molecule has 0 bridgehead atoms. The van der Waals surface area contributed by atoms with Crippen molar-refractivity contribution in [2.45, 2.75) is 43.2 Å². The van der Waals surface area contributed by atoms with Crippen molar-refractivity contribution in [1.82, 2.24) is 15.6 Å². The zero-order chi connectivity index (χ0) is 28.0. The van der Waals surface area contributed by atoms with E-state index in [2.05, 4.69) is 25.4 Å². The molecular formula is C25H26F2N4O6S2. The molecule has 1 aliphatic rings. The van der Waals surface area contributed by atoms with Gasteiger partial charge in [0.2, 0.25) is 5.91 Å². The summed E-state index contributed by atoms with van der Waals surface area (Å²) < 4.78 is 55.9. The summed E-state index contributed by atoms with van der Waals surface area (Å²) in [5, 5.41) is 7.49. The molecule has 2 unspecified atom stereocenters. The van der Waals surface area contributed by atoms with Crippen molar-refractivity contribution in [3.63, 3.8) is 0 Å². The van der Waals surface area contributed by atoms with Gasteiger partial charge in [0.1, 0.15) is 11.0 Å². The summed E-state index contributed by atoms with van der Waals surface area (Å²) in [7, 11) is 1.20. The van der Waals surface area contributed by atoms with Gasteiger partial charge in [-0.15, -0.1) is 15.6 Å². The molecule has 0 aliphatic heterocycles. The third-order valence-corrected chi connectivity index (χ3v) is 7.24. The van der Waals surface area contributed by atoms with Crippen LogP contribution >= 0.6 is 11.3 Å². The molecule has 4 atom stereocenters. The van der Waals surface area contributed by atoms with Crippen molar-refractivity contribution < 1.29 is 36.2 Å². The van der Waals surface area contributed by atoms with Crippen LogP contribution in [-0.2, 0) is 38.0 Å². The second kappa shape index (κ2) is 12.6. The molecule has 0 saturated heterocycles. The van der Waals surface area contributed by atoms with Crippen molar-refractivity contribution in [2.75, 3.05) is 12.6 Å². The van der Waals surface area contributed by atoms with Gasteiger partial charge in [0.15, 0.2) is 0 Å². The van der Waals surface area contributed by atoms with Crippen molar-refractivity contribution >= 4 is 40.4 Å². The Morgan fingerprint density at radius 1 is 1.13 bits per heavy atom. The Bertz CT molecular complexity index is 1310. The molecule has 1 saturated carbocycles. The highest BCUT2D eigenvalue weighted by Gasteiger charge is 2.58. The molecule has 2 amide bonds. The summed E-state index contributed by atoms with van der Waals surface area (Å²) in [6.45, 7) is 0. The number of nitrogens with zero attached hydrogens (tertiary/aromatic N) is 1. The summed E-state index contributed by atoms with van der Waals surface area (Å²) in [4.78, 5) is 29.8. The maximum absolute atomic E-state index is 13.7. The minimum Gasteiger partial charge on any atom is -0.453 e. The first-order chi connectivity index (χ1) is 18.6. The van der Waals surface area contributed by atoms with Crippen LogP contribution in [0.3, 0.4) is 0 Å². The van der Waals surface area contributed by atoms with E-state index in [0.29, 0.717) is 10.7 Å². The first kappa shape index (κ1) is 28.5. The predicted molar refractivity (Wildman–Crippen MR) is 140 cm³/mol. The Morgan fingerprint density at radius 3 is 2.41 bits per heavy atom. The van der Waals surface area contributed by atoms with E-state index < -0.39 is 47.3 Å². The molecule has 1 aliphatic carbocycles. The Hall–Kier alpha value is -3.46. The molecule has 0 spiro atoms. The van der Waals surface area contributed by atoms with Gasteiger partial charge in [0.25, 0.3) is 5.92 Å². The van der Waals surface area contributed by atoms with Gasteiger partial charge in [0.05, 0.1) is 30.5 Å². The SMILES string of the molecule is COC(=O)N[C@@H](Cc1ccccc1)C(=O)N[C@@H](Cc1ccc(NOS(=O)O)cc1)c1nc(C2CC2(F)F)cs1. The number of alkyl carbamates (subject to hydrolysis) is 1. The fourth-order valence-corrected chi connectivity index (χ4v) is 5.01. The smallest absolute Gasteiger partial charge is 0.407 e. The van der Waals surface area contributed by atoms with Crippen LogP contribution in [0.2, 0.25) is 0 Å². The van der Waals surface area contributed by atoms with Crippen LogP contribution in [0, 0.1) is 0 Å². The number of halogens is 2. The molecule has 1 heterocycles. The number of nitrogens with one attached hydrogen (secondary N) is 3. The molecular weight excluding hydrogens is 554 g/mol. The third kappa shape index (κ3) is 8.02. The highest BCUT2D eigenvalue weighted by atomic mass is 32.2. The number of carbonyl (C=O) groups is 2. The monoisotopic (exact) mass is 580 g/mol. The summed E-state index contributed by atoms with van der Waals surface area (Å²) in [5.41, 5.74) is 4.59. The van der Waals surface area contributed by atoms with E-state index >= 15 is 0 Å². The minimum atomic E-state index is -2.78. The molecule has 4 N–H and O–H groups in total. The fourth-order valence-electron chi connectivity index (χ4n) is 3.92. The molecule has 208 valence electrons. The number of alkyl halides is 2. The molecule has 0 radical (unpaired) electrons. The molecule has 14 heteroatoms. The van der Waals surface area contributed by atoms with Gasteiger partial charge >= 0.3 is 17.5 Å². The van der Waals surface area contributed by atoms with E-state index in [-0.39, 0.29) is 25.0 Å². The molecule has 4 rings (SSSR count). The van der Waals surface area contributed by atoms with Crippen LogP contribution in [0.5, 0.6) is 0 Å². The van der Waals surface area contributed by atoms with Gasteiger partial charge in [-0.1, -0.05) is 42.5 Å². The van der Waals surface area contributed by atoms with E-state index in [1.54, 1.807) is 29.6 Å². The lowest BCUT2D eigenvalue weighted by atomic mass is 10.0. The van der Waals surface area contributed by atoms with E-state index in [0.717, 1.165) is 11.1 Å². The van der Waals surface area contributed by atoms with Crippen LogP contribution in [-0.4, -0.2) is 44.8 Å². The lowest BCUT2D eigenvalue weighted by Crippen LogP contribution is -2.49. The van der Waals surface area contributed by atoms with E-state index in [1.807, 2.05) is 30.3 Å². The Kier molecular flexibility index (Phi) is 9.22. The number of hydrogen-bond acceptors (Lipinski definition) is 8. The molecule has 1 fully saturated rings. The summed E-state index contributed by atoms with van der Waals surface area (Å²) in [6, 6.07) is 14.1. The second-order valence-corrected chi connectivity index (χ2v) is 10.4. The number of thiazole rings is 1. The lowest BCUT2D eigenvalue weighted by Gasteiger charge is -2.22. The summed E-state index contributed by atoms with van der Waals surface area (Å²) in [6.07, 6.45) is -0.587. The normalized spacial score (nSPS) is 17.9. The van der Waals surface area contributed by atoms with Gasteiger partial charge in [-0.05, 0) is 29.7 Å². The first-order valence-electron chi connectivity index (χ1n) is 11.8. The number of rotatable bonds is 12. The Labute approximate surface area is 229 Å². The van der Waals surface area contributed by atoms with Gasteiger partial charge in [-0.2, -0.15) is 4.21 Å². The van der Waals surface area contributed by atoms with Crippen molar-refractivity contribution in [1.29, 1.82) is 0 Å². The van der Waals surface area contributed by atoms with E-state index in [9.17, 15) is 22.6 Å². The fraction of sp³-hybridized carbons (Fsp3) is 0.320. The number of benzene rings is 2. The minimum absolute atomic E-state index is 0.193. The van der Waals surface area contributed by atoms with Gasteiger partial charge in [-0.25, -0.2) is 24.0 Å². The number of aromatic nitrogens is 1. The topological polar surface area (TPSA) is 139 Å². The second-order valence-electron chi connectivity index (χ2n) is 8.87. The van der Waals surface area contributed by atoms with Crippen LogP contribution < -0.4 is 16.1 Å². The Balaban J connectivity index is 1.55. The number of amides is 2. The molecule has 39 heavy (non-hydrogen) atoms. The Morgan fingerprint density at radius 2 is 1.79 bits per heavy atom. The van der Waals surface area contributed by atoms with Gasteiger partial charge in [0, 0.05) is 18.2 Å². The van der Waals surface area contributed by atoms with Crippen molar-refractivity contribution in [3.05, 3.63) is 81.8 Å². The van der Waals surface area contributed by atoms with Crippen molar-refractivity contribution in [3.8, 4) is 0 Å². The number of anilines is 1. The zero-order valence-electron chi connectivity index (χ0n) is 20.6. The zero-order valence-corrected chi connectivity index (χ0v) is 22.3. The van der Waals surface area contributed by atoms with E-state index in [4.69, 9.17) is 9.29 Å². The quantitative estimate of drug-likeness (QED) is 0.185. The summed E-state index contributed by atoms with van der Waals surface area (Å²) in [5.74, 6) is -4.22. The number of carbonyl (C=O) groups excluding carboxylic acids is 2. The molecule has 1 aromatic heterocycles. The molecule has 2 aromatic carbocycles. The predicted octanol–water partition coefficient (Wildman–Crippen LogP) is 4.11. The van der Waals surface area contributed by atoms with Crippen molar-refractivity contribution in [2.24, 2.45) is 0 Å². The first-order valence-corrected chi connectivity index (χ1v) is 13.7. The average Bonchev–Trinajstić information content (AvgIpc) is 3.31. The lowest BCUT2D eigenvalue weighted by molar-refractivity contribution is -0.123. The van der Waals surface area contributed by atoms with Crippen LogP contribution in [0.4, 0.5) is 19.3 Å². The maximum atomic E-state index is 13.7.